The average molecular weight is 313 g/mol. The zero-order valence-electron chi connectivity index (χ0n) is 12.9. The molecule has 2 heterocycles. The molecule has 0 spiro atoms. The third-order valence-corrected chi connectivity index (χ3v) is 3.31. The number of ether oxygens (including phenoxy) is 1. The minimum atomic E-state index is -0.408. The number of benzene rings is 1. The summed E-state index contributed by atoms with van der Waals surface area (Å²) in [4.78, 5) is 12.1. The number of hydrogen-bond acceptors (Lipinski definition) is 6. The summed E-state index contributed by atoms with van der Waals surface area (Å²) in [6, 6.07) is 8.88. The number of hydrogen-bond donors (Lipinski definition) is 1. The summed E-state index contributed by atoms with van der Waals surface area (Å²) < 4.78 is 12.2. The molecule has 118 valence electrons. The van der Waals surface area contributed by atoms with Crippen molar-refractivity contribution in [2.75, 3.05) is 12.4 Å². The molecule has 0 bridgehead atoms. The van der Waals surface area contributed by atoms with Gasteiger partial charge in [0.15, 0.2) is 5.69 Å². The van der Waals surface area contributed by atoms with Gasteiger partial charge in [-0.1, -0.05) is 11.2 Å². The highest BCUT2D eigenvalue weighted by Gasteiger charge is 2.15. The van der Waals surface area contributed by atoms with Gasteiger partial charge in [-0.05, 0) is 31.2 Å². The Kier molecular flexibility index (Phi) is 3.80. The smallest absolute Gasteiger partial charge is 0.322 e. The van der Waals surface area contributed by atoms with Gasteiger partial charge >= 0.3 is 6.01 Å². The second-order valence-electron chi connectivity index (χ2n) is 4.89. The maximum Gasteiger partial charge on any atom is 0.322 e. The molecule has 0 fully saturated rings. The molecule has 3 rings (SSSR count). The van der Waals surface area contributed by atoms with Crippen molar-refractivity contribution in [3.05, 3.63) is 41.7 Å². The molecular weight excluding hydrogens is 298 g/mol. The van der Waals surface area contributed by atoms with Gasteiger partial charge in [0.05, 0.1) is 7.11 Å². The van der Waals surface area contributed by atoms with E-state index in [1.54, 1.807) is 31.0 Å². The molecule has 0 radical (unpaired) electrons. The number of amides is 1. The fourth-order valence-electron chi connectivity index (χ4n) is 1.98. The molecule has 0 aliphatic heterocycles. The minimum absolute atomic E-state index is 0.0103. The number of carbonyl (C=O) groups is 1. The lowest BCUT2D eigenvalue weighted by atomic mass is 10.2. The van der Waals surface area contributed by atoms with Crippen LogP contribution in [0.4, 0.5) is 6.01 Å². The summed E-state index contributed by atoms with van der Waals surface area (Å²) in [6.07, 6.45) is 0. The van der Waals surface area contributed by atoms with Crippen molar-refractivity contribution in [1.29, 1.82) is 0 Å². The molecule has 0 atom stereocenters. The zero-order valence-corrected chi connectivity index (χ0v) is 12.9. The van der Waals surface area contributed by atoms with Crippen molar-refractivity contribution in [3.63, 3.8) is 0 Å². The van der Waals surface area contributed by atoms with Crippen LogP contribution in [0.3, 0.4) is 0 Å². The van der Waals surface area contributed by atoms with E-state index in [0.717, 1.165) is 5.69 Å². The second-order valence-corrected chi connectivity index (χ2v) is 4.89. The number of carbonyl (C=O) groups excluding carboxylic acids is 1. The van der Waals surface area contributed by atoms with E-state index in [1.807, 2.05) is 25.1 Å². The third-order valence-electron chi connectivity index (χ3n) is 3.31. The van der Waals surface area contributed by atoms with Gasteiger partial charge in [0, 0.05) is 18.3 Å². The highest BCUT2D eigenvalue weighted by Crippen LogP contribution is 2.23. The SMILES string of the molecule is COc1cccc(-c2nnc(NC(=O)c3cc(C)n(C)n3)o2)c1. The van der Waals surface area contributed by atoms with Crippen LogP contribution in [0.15, 0.2) is 34.7 Å². The van der Waals surface area contributed by atoms with Gasteiger partial charge < -0.3 is 9.15 Å². The fourth-order valence-corrected chi connectivity index (χ4v) is 1.98. The molecule has 0 aliphatic rings. The van der Waals surface area contributed by atoms with Gasteiger partial charge in [-0.15, -0.1) is 5.10 Å². The van der Waals surface area contributed by atoms with E-state index in [-0.39, 0.29) is 17.6 Å². The van der Waals surface area contributed by atoms with Crippen LogP contribution in [0.2, 0.25) is 0 Å². The number of nitrogens with zero attached hydrogens (tertiary/aromatic N) is 4. The molecule has 1 amide bonds. The number of rotatable bonds is 4. The molecule has 1 aromatic carbocycles. The first-order valence-corrected chi connectivity index (χ1v) is 6.87. The maximum atomic E-state index is 12.1. The number of aryl methyl sites for hydroxylation is 2. The number of aromatic nitrogens is 4. The van der Waals surface area contributed by atoms with Gasteiger partial charge in [0.25, 0.3) is 5.91 Å². The highest BCUT2D eigenvalue weighted by atomic mass is 16.5. The Morgan fingerprint density at radius 1 is 1.30 bits per heavy atom. The molecule has 0 saturated heterocycles. The predicted octanol–water partition coefficient (Wildman–Crippen LogP) is 2.04. The van der Waals surface area contributed by atoms with E-state index >= 15 is 0 Å². The summed E-state index contributed by atoms with van der Waals surface area (Å²) in [5.41, 5.74) is 1.86. The molecule has 1 N–H and O–H groups in total. The number of methoxy groups -OCH3 is 1. The second kappa shape index (κ2) is 5.91. The predicted molar refractivity (Wildman–Crippen MR) is 82.2 cm³/mol. The van der Waals surface area contributed by atoms with Crippen molar-refractivity contribution < 1.29 is 13.9 Å². The Bertz CT molecular complexity index is 833. The van der Waals surface area contributed by atoms with Crippen LogP contribution in [-0.2, 0) is 7.05 Å². The molecule has 0 aliphatic carbocycles. The first-order chi connectivity index (χ1) is 11.1. The van der Waals surface area contributed by atoms with Gasteiger partial charge in [-0.3, -0.25) is 14.8 Å². The standard InChI is InChI=1S/C15H15N5O3/c1-9-7-12(19-20(9)2)13(21)16-15-18-17-14(23-15)10-5-4-6-11(8-10)22-3/h4-8H,1-3H3,(H,16,18,21). The van der Waals surface area contributed by atoms with E-state index in [9.17, 15) is 4.79 Å². The first-order valence-electron chi connectivity index (χ1n) is 6.87. The van der Waals surface area contributed by atoms with Crippen LogP contribution >= 0.6 is 0 Å². The van der Waals surface area contributed by atoms with E-state index in [2.05, 4.69) is 20.6 Å². The van der Waals surface area contributed by atoms with Crippen molar-refractivity contribution in [3.8, 4) is 17.2 Å². The van der Waals surface area contributed by atoms with Crippen molar-refractivity contribution in [2.45, 2.75) is 6.92 Å². The van der Waals surface area contributed by atoms with Gasteiger partial charge in [-0.2, -0.15) is 5.10 Å². The molecule has 23 heavy (non-hydrogen) atoms. The van der Waals surface area contributed by atoms with Crippen molar-refractivity contribution in [1.82, 2.24) is 20.0 Å². The van der Waals surface area contributed by atoms with Crippen LogP contribution < -0.4 is 10.1 Å². The quantitative estimate of drug-likeness (QED) is 0.792. The highest BCUT2D eigenvalue weighted by molar-refractivity contribution is 6.01. The molecular formula is C15H15N5O3. The fraction of sp³-hybridized carbons (Fsp3) is 0.200. The zero-order chi connectivity index (χ0) is 16.4. The maximum absolute atomic E-state index is 12.1. The van der Waals surface area contributed by atoms with Gasteiger partial charge in [0.2, 0.25) is 5.89 Å². The lowest BCUT2D eigenvalue weighted by Gasteiger charge is -2.00. The van der Waals surface area contributed by atoms with E-state index in [1.165, 1.54) is 0 Å². The van der Waals surface area contributed by atoms with Crippen LogP contribution in [0.25, 0.3) is 11.5 Å². The van der Waals surface area contributed by atoms with Crippen LogP contribution in [-0.4, -0.2) is 33.0 Å². The summed E-state index contributed by atoms with van der Waals surface area (Å²) in [5.74, 6) is 0.557. The number of anilines is 1. The Labute approximate surface area is 132 Å². The van der Waals surface area contributed by atoms with E-state index in [0.29, 0.717) is 11.3 Å². The summed E-state index contributed by atoms with van der Waals surface area (Å²) in [6.45, 7) is 1.86. The normalized spacial score (nSPS) is 10.6. The minimum Gasteiger partial charge on any atom is -0.497 e. The van der Waals surface area contributed by atoms with Crippen molar-refractivity contribution in [2.24, 2.45) is 7.05 Å². The summed E-state index contributed by atoms with van der Waals surface area (Å²) in [5, 5.41) is 14.4. The lowest BCUT2D eigenvalue weighted by molar-refractivity contribution is 0.101. The summed E-state index contributed by atoms with van der Waals surface area (Å²) >= 11 is 0. The van der Waals surface area contributed by atoms with Crippen LogP contribution in [0.1, 0.15) is 16.2 Å². The van der Waals surface area contributed by atoms with Crippen molar-refractivity contribution >= 4 is 11.9 Å². The third kappa shape index (κ3) is 3.05. The Balaban J connectivity index is 1.77. The Morgan fingerprint density at radius 3 is 2.83 bits per heavy atom. The van der Waals surface area contributed by atoms with E-state index < -0.39 is 5.91 Å². The van der Waals surface area contributed by atoms with Gasteiger partial charge in [0.1, 0.15) is 5.75 Å². The van der Waals surface area contributed by atoms with E-state index in [4.69, 9.17) is 9.15 Å². The first kappa shape index (κ1) is 14.8. The molecule has 8 heteroatoms. The molecule has 0 unspecified atom stereocenters. The molecule has 3 aromatic rings. The lowest BCUT2D eigenvalue weighted by Crippen LogP contribution is -2.13. The molecule has 2 aromatic heterocycles. The largest absolute Gasteiger partial charge is 0.497 e. The van der Waals surface area contributed by atoms with Crippen LogP contribution in [0.5, 0.6) is 5.75 Å². The number of nitrogens with one attached hydrogen (secondary N) is 1. The van der Waals surface area contributed by atoms with Crippen LogP contribution in [0, 0.1) is 6.92 Å². The van der Waals surface area contributed by atoms with Gasteiger partial charge in [-0.25, -0.2) is 0 Å². The average Bonchev–Trinajstić information content (AvgIpc) is 3.15. The Morgan fingerprint density at radius 2 is 2.13 bits per heavy atom. The summed E-state index contributed by atoms with van der Waals surface area (Å²) in [7, 11) is 3.34. The monoisotopic (exact) mass is 313 g/mol. The molecule has 0 saturated carbocycles. The topological polar surface area (TPSA) is 95.1 Å². The Hall–Kier alpha value is -3.16. The molecule has 8 nitrogen and oxygen atoms in total.